The first-order valence-corrected chi connectivity index (χ1v) is 8.53. The van der Waals surface area contributed by atoms with Crippen LogP contribution in [0.1, 0.15) is 10.4 Å². The molecule has 1 heterocycles. The fourth-order valence-electron chi connectivity index (χ4n) is 2.93. The van der Waals surface area contributed by atoms with Gasteiger partial charge in [-0.3, -0.25) is 9.59 Å². The molecular weight excluding hydrogens is 378 g/mol. The molecule has 2 amide bonds. The number of piperazine rings is 1. The Bertz CT molecular complexity index is 860. The van der Waals surface area contributed by atoms with E-state index in [-0.39, 0.29) is 17.2 Å². The molecule has 0 saturated carbocycles. The lowest BCUT2D eigenvalue weighted by atomic mass is 10.1. The molecule has 148 valence electrons. The Morgan fingerprint density at radius 1 is 0.893 bits per heavy atom. The maximum atomic E-state index is 13.8. The molecule has 9 heteroatoms. The van der Waals surface area contributed by atoms with E-state index in [2.05, 4.69) is 0 Å². The van der Waals surface area contributed by atoms with Crippen LogP contribution in [0.5, 0.6) is 0 Å². The second-order valence-electron chi connectivity index (χ2n) is 6.26. The monoisotopic (exact) mass is 395 g/mol. The Kier molecular flexibility index (Phi) is 5.53. The van der Waals surface area contributed by atoms with Crippen molar-refractivity contribution in [1.82, 2.24) is 4.90 Å². The van der Waals surface area contributed by atoms with Crippen LogP contribution < -0.4 is 10.2 Å². The van der Waals surface area contributed by atoms with Crippen LogP contribution in [0.2, 0.25) is 0 Å². The van der Waals surface area contributed by atoms with Crippen LogP contribution in [0.15, 0.2) is 48.5 Å². The molecule has 3 rings (SSSR count). The maximum absolute atomic E-state index is 13.8. The number of nitrogens with zero attached hydrogens (tertiary/aromatic N) is 2. The lowest BCUT2D eigenvalue weighted by molar-refractivity contribution is -0.167. The fraction of sp³-hybridized carbons (Fsp3) is 0.263. The molecule has 0 bridgehead atoms. The minimum Gasteiger partial charge on any atom is -0.368 e. The average Bonchev–Trinajstić information content (AvgIpc) is 2.68. The molecule has 5 nitrogen and oxygen atoms in total. The first kappa shape index (κ1) is 19.7. The Labute approximate surface area is 158 Å². The van der Waals surface area contributed by atoms with Crippen LogP contribution in [0.4, 0.5) is 28.9 Å². The third kappa shape index (κ3) is 4.41. The number of alkyl halides is 3. The van der Waals surface area contributed by atoms with Gasteiger partial charge in [-0.05, 0) is 36.4 Å². The largest absolute Gasteiger partial charge is 0.471 e. The molecule has 1 fully saturated rings. The highest BCUT2D eigenvalue weighted by Crippen LogP contribution is 2.22. The number of hydrogen-bond donors (Lipinski definition) is 1. The highest BCUT2D eigenvalue weighted by Gasteiger charge is 2.38. The normalized spacial score (nSPS) is 14.7. The lowest BCUT2D eigenvalue weighted by Crippen LogP contribution is -2.49. The molecule has 1 N–H and O–H groups in total. The Morgan fingerprint density at radius 2 is 1.50 bits per heavy atom. The number of anilines is 2. The number of nitrogens with one attached hydrogen (secondary N) is 1. The zero-order valence-corrected chi connectivity index (χ0v) is 14.7. The Morgan fingerprint density at radius 3 is 2.07 bits per heavy atom. The van der Waals surface area contributed by atoms with Gasteiger partial charge in [-0.15, -0.1) is 0 Å². The van der Waals surface area contributed by atoms with Gasteiger partial charge in [0, 0.05) is 37.6 Å². The van der Waals surface area contributed by atoms with E-state index in [4.69, 9.17) is 0 Å². The molecule has 0 spiro atoms. The van der Waals surface area contributed by atoms with Gasteiger partial charge in [-0.25, -0.2) is 4.39 Å². The van der Waals surface area contributed by atoms with E-state index >= 15 is 0 Å². The first-order valence-electron chi connectivity index (χ1n) is 8.53. The number of carbonyl (C=O) groups is 2. The van der Waals surface area contributed by atoms with Crippen molar-refractivity contribution < 1.29 is 27.2 Å². The predicted octanol–water partition coefficient (Wildman–Crippen LogP) is 3.29. The third-order valence-electron chi connectivity index (χ3n) is 4.42. The van der Waals surface area contributed by atoms with Gasteiger partial charge in [0.15, 0.2) is 0 Å². The van der Waals surface area contributed by atoms with E-state index < -0.39 is 17.9 Å². The molecule has 0 aromatic heterocycles. The van der Waals surface area contributed by atoms with Crippen molar-refractivity contribution in [3.63, 3.8) is 0 Å². The van der Waals surface area contributed by atoms with Crippen molar-refractivity contribution in [2.75, 3.05) is 36.4 Å². The number of benzene rings is 2. The van der Waals surface area contributed by atoms with Crippen molar-refractivity contribution in [3.8, 4) is 0 Å². The third-order valence-corrected chi connectivity index (χ3v) is 4.42. The molecule has 2 aromatic carbocycles. The minimum absolute atomic E-state index is 0.0284. The molecule has 1 saturated heterocycles. The average molecular weight is 395 g/mol. The second-order valence-corrected chi connectivity index (χ2v) is 6.26. The van der Waals surface area contributed by atoms with Crippen molar-refractivity contribution in [2.45, 2.75) is 6.18 Å². The van der Waals surface area contributed by atoms with E-state index in [1.807, 2.05) is 4.90 Å². The van der Waals surface area contributed by atoms with Gasteiger partial charge in [-0.2, -0.15) is 13.2 Å². The molecule has 28 heavy (non-hydrogen) atoms. The van der Waals surface area contributed by atoms with Gasteiger partial charge in [0.2, 0.25) is 0 Å². The van der Waals surface area contributed by atoms with Crippen LogP contribution in [-0.4, -0.2) is 49.1 Å². The summed E-state index contributed by atoms with van der Waals surface area (Å²) in [6.45, 7) is 1.77. The number of carbonyl (C=O) groups excluding carboxylic acids is 2. The van der Waals surface area contributed by atoms with Gasteiger partial charge in [0.05, 0.1) is 5.56 Å². The van der Waals surface area contributed by atoms with E-state index in [0.717, 1.165) is 5.69 Å². The second kappa shape index (κ2) is 7.87. The zero-order chi connectivity index (χ0) is 20.3. The lowest BCUT2D eigenvalue weighted by Gasteiger charge is -2.36. The molecule has 1 aliphatic rings. The summed E-state index contributed by atoms with van der Waals surface area (Å²) < 4.78 is 50.6. The number of rotatable bonds is 3. The van der Waals surface area contributed by atoms with Crippen molar-refractivity contribution in [1.29, 1.82) is 0 Å². The topological polar surface area (TPSA) is 52.7 Å². The quantitative estimate of drug-likeness (QED) is 0.812. The van der Waals surface area contributed by atoms with Crippen LogP contribution in [0.3, 0.4) is 0 Å². The van der Waals surface area contributed by atoms with Crippen molar-refractivity contribution in [3.05, 3.63) is 59.9 Å². The van der Waals surface area contributed by atoms with E-state index in [9.17, 15) is 27.2 Å². The standard InChI is InChI=1S/C19H17F4N3O2/c20-16-4-2-1-3-15(16)17(27)26-11-9-25(10-12-26)14-7-5-13(6-8-14)24-18(28)19(21,22)23/h1-8H,9-12H2,(H,24,28). The van der Waals surface area contributed by atoms with Crippen LogP contribution >= 0.6 is 0 Å². The van der Waals surface area contributed by atoms with E-state index in [0.29, 0.717) is 26.2 Å². The summed E-state index contributed by atoms with van der Waals surface area (Å²) in [5.41, 5.74) is 0.822. The first-order chi connectivity index (χ1) is 13.3. The number of hydrogen-bond acceptors (Lipinski definition) is 3. The highest BCUT2D eigenvalue weighted by atomic mass is 19.4. The Balaban J connectivity index is 1.58. The summed E-state index contributed by atoms with van der Waals surface area (Å²) in [5, 5.41) is 1.79. The van der Waals surface area contributed by atoms with Crippen LogP contribution in [0.25, 0.3) is 0 Å². The molecule has 1 aliphatic heterocycles. The molecule has 0 unspecified atom stereocenters. The van der Waals surface area contributed by atoms with Gasteiger partial charge in [0.25, 0.3) is 5.91 Å². The molecule has 0 aliphatic carbocycles. The summed E-state index contributed by atoms with van der Waals surface area (Å²) in [4.78, 5) is 26.9. The molecule has 0 radical (unpaired) electrons. The molecular formula is C19H17F4N3O2. The summed E-state index contributed by atoms with van der Waals surface area (Å²) in [7, 11) is 0. The summed E-state index contributed by atoms with van der Waals surface area (Å²) in [5.74, 6) is -2.96. The fourth-order valence-corrected chi connectivity index (χ4v) is 2.93. The minimum atomic E-state index is -4.94. The van der Waals surface area contributed by atoms with Gasteiger partial charge >= 0.3 is 12.1 Å². The van der Waals surface area contributed by atoms with Crippen LogP contribution in [-0.2, 0) is 4.79 Å². The van der Waals surface area contributed by atoms with Gasteiger partial charge in [0.1, 0.15) is 5.82 Å². The van der Waals surface area contributed by atoms with Crippen LogP contribution in [0, 0.1) is 5.82 Å². The molecule has 0 atom stereocenters. The summed E-state index contributed by atoms with van der Waals surface area (Å²) in [6, 6.07) is 11.8. The Hall–Kier alpha value is -3.10. The van der Waals surface area contributed by atoms with E-state index in [1.54, 1.807) is 28.4 Å². The number of amides is 2. The van der Waals surface area contributed by atoms with Gasteiger partial charge in [-0.1, -0.05) is 12.1 Å². The predicted molar refractivity (Wildman–Crippen MR) is 95.6 cm³/mol. The summed E-state index contributed by atoms with van der Waals surface area (Å²) in [6.07, 6.45) is -4.94. The SMILES string of the molecule is O=C(c1ccccc1F)N1CCN(c2ccc(NC(=O)C(F)(F)F)cc2)CC1. The summed E-state index contributed by atoms with van der Waals surface area (Å²) >= 11 is 0. The van der Waals surface area contributed by atoms with Gasteiger partial charge < -0.3 is 15.1 Å². The maximum Gasteiger partial charge on any atom is 0.471 e. The number of halogens is 4. The smallest absolute Gasteiger partial charge is 0.368 e. The molecule has 2 aromatic rings. The van der Waals surface area contributed by atoms with Crippen molar-refractivity contribution in [2.24, 2.45) is 0 Å². The van der Waals surface area contributed by atoms with E-state index in [1.165, 1.54) is 30.3 Å². The highest BCUT2D eigenvalue weighted by molar-refractivity contribution is 5.95. The zero-order valence-electron chi connectivity index (χ0n) is 14.7. The van der Waals surface area contributed by atoms with Crippen molar-refractivity contribution >= 4 is 23.2 Å².